The smallest absolute Gasteiger partial charge is 0.220 e. The van der Waals surface area contributed by atoms with Crippen LogP contribution in [0.3, 0.4) is 0 Å². The molecular formula is C16H22BrClN2O. The third kappa shape index (κ3) is 6.20. The number of carbonyl (C=O) groups excluding carboxylic acids is 1. The van der Waals surface area contributed by atoms with Gasteiger partial charge in [-0.2, -0.15) is 0 Å². The predicted molar refractivity (Wildman–Crippen MR) is 93.0 cm³/mol. The average Bonchev–Trinajstić information content (AvgIpc) is 2.47. The lowest BCUT2D eigenvalue weighted by Crippen LogP contribution is -2.29. The van der Waals surface area contributed by atoms with Gasteiger partial charge < -0.3 is 10.6 Å². The Labute approximate surface area is 141 Å². The van der Waals surface area contributed by atoms with Gasteiger partial charge in [0.15, 0.2) is 0 Å². The molecule has 3 nitrogen and oxygen atoms in total. The van der Waals surface area contributed by atoms with Crippen LogP contribution in [0.1, 0.15) is 24.0 Å². The summed E-state index contributed by atoms with van der Waals surface area (Å²) in [5, 5.41) is 6.27. The second kappa shape index (κ2) is 9.23. The molecular weight excluding hydrogens is 352 g/mol. The number of halogens is 2. The molecule has 0 atom stereocenters. The Kier molecular flexibility index (Phi) is 8.01. The second-order valence-electron chi connectivity index (χ2n) is 5.18. The highest BCUT2D eigenvalue weighted by molar-refractivity contribution is 9.10. The Hall–Kier alpha value is -0.840. The number of nitrogens with one attached hydrogen (secondary N) is 2. The van der Waals surface area contributed by atoms with Gasteiger partial charge in [-0.15, -0.1) is 12.4 Å². The van der Waals surface area contributed by atoms with Crippen molar-refractivity contribution in [3.05, 3.63) is 45.4 Å². The lowest BCUT2D eigenvalue weighted by molar-refractivity contribution is -0.120. The largest absolute Gasteiger partial charge is 0.352 e. The monoisotopic (exact) mass is 372 g/mol. The van der Waals surface area contributed by atoms with Crippen molar-refractivity contribution in [3.8, 4) is 0 Å². The molecule has 21 heavy (non-hydrogen) atoms. The molecule has 0 bridgehead atoms. The first-order chi connectivity index (χ1) is 9.65. The first kappa shape index (κ1) is 18.2. The van der Waals surface area contributed by atoms with Crippen LogP contribution in [0, 0.1) is 6.92 Å². The van der Waals surface area contributed by atoms with Crippen LogP contribution < -0.4 is 10.6 Å². The summed E-state index contributed by atoms with van der Waals surface area (Å²) in [6.45, 7) is 4.69. The zero-order valence-electron chi connectivity index (χ0n) is 12.2. The van der Waals surface area contributed by atoms with Crippen molar-refractivity contribution >= 4 is 34.2 Å². The molecule has 1 aromatic carbocycles. The molecule has 0 aromatic heterocycles. The number of carbonyl (C=O) groups is 1. The fraction of sp³-hybridized carbons (Fsp3) is 0.438. The van der Waals surface area contributed by atoms with E-state index >= 15 is 0 Å². The van der Waals surface area contributed by atoms with Crippen molar-refractivity contribution < 1.29 is 4.79 Å². The average molecular weight is 374 g/mol. The SMILES string of the molecule is Cc1cc(CCC(=O)NCC2=CCNCC2)ccc1Br.Cl. The van der Waals surface area contributed by atoms with Crippen LogP contribution in [0.4, 0.5) is 0 Å². The van der Waals surface area contributed by atoms with Gasteiger partial charge >= 0.3 is 0 Å². The molecule has 1 heterocycles. The lowest BCUT2D eigenvalue weighted by atomic mass is 10.1. The maximum Gasteiger partial charge on any atom is 0.220 e. The van der Waals surface area contributed by atoms with E-state index in [0.717, 1.165) is 30.4 Å². The molecule has 0 fully saturated rings. The van der Waals surface area contributed by atoms with Gasteiger partial charge in [0.05, 0.1) is 0 Å². The molecule has 1 aliphatic heterocycles. The third-order valence-electron chi connectivity index (χ3n) is 3.53. The Morgan fingerprint density at radius 1 is 1.43 bits per heavy atom. The van der Waals surface area contributed by atoms with Gasteiger partial charge in [-0.25, -0.2) is 0 Å². The maximum atomic E-state index is 11.8. The fourth-order valence-corrected chi connectivity index (χ4v) is 2.50. The normalized spacial score (nSPS) is 14.1. The van der Waals surface area contributed by atoms with Gasteiger partial charge in [-0.3, -0.25) is 4.79 Å². The van der Waals surface area contributed by atoms with Crippen molar-refractivity contribution in [1.29, 1.82) is 0 Å². The van der Waals surface area contributed by atoms with Gasteiger partial charge in [0, 0.05) is 24.0 Å². The van der Waals surface area contributed by atoms with E-state index in [1.165, 1.54) is 16.7 Å². The van der Waals surface area contributed by atoms with E-state index in [1.807, 2.05) is 6.07 Å². The van der Waals surface area contributed by atoms with E-state index in [2.05, 4.69) is 51.7 Å². The molecule has 1 aliphatic rings. The highest BCUT2D eigenvalue weighted by Crippen LogP contribution is 2.17. The standard InChI is InChI=1S/C16H21BrN2O.ClH/c1-12-10-13(2-4-15(12)17)3-5-16(20)19-11-14-6-8-18-9-7-14;/h2,4,6,10,18H,3,5,7-9,11H2,1H3,(H,19,20);1H. The molecule has 0 aliphatic carbocycles. The maximum absolute atomic E-state index is 11.8. The zero-order valence-corrected chi connectivity index (χ0v) is 14.6. The van der Waals surface area contributed by atoms with E-state index in [-0.39, 0.29) is 18.3 Å². The van der Waals surface area contributed by atoms with Crippen molar-refractivity contribution in [2.24, 2.45) is 0 Å². The first-order valence-corrected chi connectivity index (χ1v) is 7.85. The molecule has 2 N–H and O–H groups in total. The quantitative estimate of drug-likeness (QED) is 0.779. The van der Waals surface area contributed by atoms with Crippen molar-refractivity contribution in [1.82, 2.24) is 10.6 Å². The third-order valence-corrected chi connectivity index (χ3v) is 4.42. The van der Waals surface area contributed by atoms with Gasteiger partial charge in [-0.05, 0) is 43.5 Å². The minimum atomic E-state index is 0. The topological polar surface area (TPSA) is 41.1 Å². The van der Waals surface area contributed by atoms with Crippen LogP contribution in [-0.4, -0.2) is 25.5 Å². The van der Waals surface area contributed by atoms with Crippen molar-refractivity contribution in [2.45, 2.75) is 26.2 Å². The molecule has 116 valence electrons. The van der Waals surface area contributed by atoms with Crippen LogP contribution in [0.25, 0.3) is 0 Å². The Bertz CT molecular complexity index is 517. The minimum Gasteiger partial charge on any atom is -0.352 e. The second-order valence-corrected chi connectivity index (χ2v) is 6.03. The predicted octanol–water partition coefficient (Wildman–Crippen LogP) is 3.15. The molecule has 0 unspecified atom stereocenters. The summed E-state index contributed by atoms with van der Waals surface area (Å²) in [7, 11) is 0. The molecule has 5 heteroatoms. The highest BCUT2D eigenvalue weighted by Gasteiger charge is 2.06. The fourth-order valence-electron chi connectivity index (χ4n) is 2.25. The Morgan fingerprint density at radius 3 is 2.90 bits per heavy atom. The number of amides is 1. The molecule has 1 amide bonds. The molecule has 1 aromatic rings. The number of hydrogen-bond acceptors (Lipinski definition) is 2. The van der Waals surface area contributed by atoms with Gasteiger partial charge in [0.1, 0.15) is 0 Å². The summed E-state index contributed by atoms with van der Waals surface area (Å²) in [6, 6.07) is 6.24. The number of aryl methyl sites for hydroxylation is 2. The molecule has 0 saturated heterocycles. The number of benzene rings is 1. The molecule has 0 saturated carbocycles. The van der Waals surface area contributed by atoms with E-state index < -0.39 is 0 Å². The van der Waals surface area contributed by atoms with Gasteiger partial charge in [0.2, 0.25) is 5.91 Å². The van der Waals surface area contributed by atoms with E-state index in [0.29, 0.717) is 13.0 Å². The molecule has 2 rings (SSSR count). The molecule has 0 radical (unpaired) electrons. The summed E-state index contributed by atoms with van der Waals surface area (Å²) < 4.78 is 1.11. The first-order valence-electron chi connectivity index (χ1n) is 7.05. The van der Waals surface area contributed by atoms with Crippen LogP contribution in [0.15, 0.2) is 34.3 Å². The number of rotatable bonds is 5. The van der Waals surface area contributed by atoms with Crippen molar-refractivity contribution in [2.75, 3.05) is 19.6 Å². The zero-order chi connectivity index (χ0) is 14.4. The summed E-state index contributed by atoms with van der Waals surface area (Å²) in [4.78, 5) is 11.8. The van der Waals surface area contributed by atoms with E-state index in [4.69, 9.17) is 0 Å². The minimum absolute atomic E-state index is 0. The van der Waals surface area contributed by atoms with Crippen molar-refractivity contribution in [3.63, 3.8) is 0 Å². The Morgan fingerprint density at radius 2 is 2.24 bits per heavy atom. The summed E-state index contributed by atoms with van der Waals surface area (Å²) in [5.41, 5.74) is 3.75. The number of hydrogen-bond donors (Lipinski definition) is 2. The summed E-state index contributed by atoms with van der Waals surface area (Å²) >= 11 is 3.49. The molecule has 0 spiro atoms. The van der Waals surface area contributed by atoms with Crippen LogP contribution in [0.5, 0.6) is 0 Å². The van der Waals surface area contributed by atoms with Crippen LogP contribution in [-0.2, 0) is 11.2 Å². The van der Waals surface area contributed by atoms with E-state index in [9.17, 15) is 4.79 Å². The lowest BCUT2D eigenvalue weighted by Gasteiger charge is -2.14. The van der Waals surface area contributed by atoms with Crippen LogP contribution >= 0.6 is 28.3 Å². The van der Waals surface area contributed by atoms with Gasteiger partial charge in [0.25, 0.3) is 0 Å². The Balaban J connectivity index is 0.00000220. The van der Waals surface area contributed by atoms with Gasteiger partial charge in [-0.1, -0.05) is 39.7 Å². The van der Waals surface area contributed by atoms with Crippen LogP contribution in [0.2, 0.25) is 0 Å². The summed E-state index contributed by atoms with van der Waals surface area (Å²) in [5.74, 6) is 0.130. The summed E-state index contributed by atoms with van der Waals surface area (Å²) in [6.07, 6.45) is 4.54. The van der Waals surface area contributed by atoms with E-state index in [1.54, 1.807) is 0 Å². The highest BCUT2D eigenvalue weighted by atomic mass is 79.9.